The number of aromatic nitrogens is 2. The number of rotatable bonds is 6. The molecule has 5 nitrogen and oxygen atoms in total. The van der Waals surface area contributed by atoms with Crippen molar-refractivity contribution >= 4 is 40.6 Å². The summed E-state index contributed by atoms with van der Waals surface area (Å²) >= 11 is 12.0. The molecule has 0 spiro atoms. The molecule has 1 heterocycles. The summed E-state index contributed by atoms with van der Waals surface area (Å²) < 4.78 is 0. The van der Waals surface area contributed by atoms with Crippen molar-refractivity contribution < 1.29 is 4.79 Å². The molecule has 0 radical (unpaired) electrons. The third-order valence-corrected chi connectivity index (χ3v) is 3.75. The fourth-order valence-electron chi connectivity index (χ4n) is 1.76. The topological polar surface area (TPSA) is 66.9 Å². The van der Waals surface area contributed by atoms with Crippen LogP contribution in [0.15, 0.2) is 30.6 Å². The monoisotopic (exact) mass is 338 g/mol. The lowest BCUT2D eigenvalue weighted by molar-refractivity contribution is 0.102. The lowest BCUT2D eigenvalue weighted by Crippen LogP contribution is -2.15. The molecule has 0 bridgehead atoms. The van der Waals surface area contributed by atoms with E-state index in [1.54, 1.807) is 24.3 Å². The van der Waals surface area contributed by atoms with Gasteiger partial charge >= 0.3 is 0 Å². The highest BCUT2D eigenvalue weighted by molar-refractivity contribution is 6.44. The molecule has 0 atom stereocenters. The van der Waals surface area contributed by atoms with E-state index in [1.807, 2.05) is 0 Å². The van der Waals surface area contributed by atoms with Crippen molar-refractivity contribution in [3.05, 3.63) is 46.3 Å². The molecule has 1 aromatic heterocycles. The summed E-state index contributed by atoms with van der Waals surface area (Å²) in [6.07, 6.45) is 3.46. The largest absolute Gasteiger partial charge is 0.370 e. The SMILES string of the molecule is CCCCNc1cc(C(=O)Nc2cccc(Cl)c2Cl)ncn1. The molecule has 0 aliphatic heterocycles. The van der Waals surface area contributed by atoms with Crippen LogP contribution in [0.4, 0.5) is 11.5 Å². The maximum Gasteiger partial charge on any atom is 0.274 e. The molecular formula is C15H16Cl2N4O. The molecule has 1 amide bonds. The van der Waals surface area contributed by atoms with Crippen LogP contribution in [-0.4, -0.2) is 22.4 Å². The number of nitrogens with one attached hydrogen (secondary N) is 2. The molecule has 116 valence electrons. The summed E-state index contributed by atoms with van der Waals surface area (Å²) in [5.74, 6) is 0.246. The zero-order valence-corrected chi connectivity index (χ0v) is 13.6. The van der Waals surface area contributed by atoms with E-state index >= 15 is 0 Å². The molecule has 0 aliphatic carbocycles. The maximum absolute atomic E-state index is 12.2. The highest BCUT2D eigenvalue weighted by atomic mass is 35.5. The van der Waals surface area contributed by atoms with Crippen molar-refractivity contribution in [1.82, 2.24) is 9.97 Å². The lowest BCUT2D eigenvalue weighted by Gasteiger charge is -2.09. The normalized spacial score (nSPS) is 10.3. The first-order chi connectivity index (χ1) is 10.6. The van der Waals surface area contributed by atoms with Crippen molar-refractivity contribution in [3.8, 4) is 0 Å². The number of nitrogens with zero attached hydrogens (tertiary/aromatic N) is 2. The van der Waals surface area contributed by atoms with Gasteiger partial charge in [-0.05, 0) is 18.6 Å². The van der Waals surface area contributed by atoms with Crippen molar-refractivity contribution in [3.63, 3.8) is 0 Å². The summed E-state index contributed by atoms with van der Waals surface area (Å²) in [5.41, 5.74) is 0.698. The molecule has 7 heteroatoms. The number of anilines is 2. The molecule has 22 heavy (non-hydrogen) atoms. The van der Waals surface area contributed by atoms with Crippen LogP contribution in [0.3, 0.4) is 0 Å². The predicted octanol–water partition coefficient (Wildman–Crippen LogP) is 4.25. The minimum absolute atomic E-state index is 0.255. The number of hydrogen-bond donors (Lipinski definition) is 2. The fraction of sp³-hybridized carbons (Fsp3) is 0.267. The van der Waals surface area contributed by atoms with Gasteiger partial charge in [0.2, 0.25) is 0 Å². The summed E-state index contributed by atoms with van der Waals surface area (Å²) in [4.78, 5) is 20.3. The van der Waals surface area contributed by atoms with Gasteiger partial charge in [0.05, 0.1) is 15.7 Å². The van der Waals surface area contributed by atoms with E-state index in [1.165, 1.54) is 6.33 Å². The van der Waals surface area contributed by atoms with E-state index in [9.17, 15) is 4.79 Å². The average molecular weight is 339 g/mol. The Bertz CT molecular complexity index is 664. The number of unbranched alkanes of at least 4 members (excludes halogenated alkanes) is 1. The van der Waals surface area contributed by atoms with Crippen LogP contribution in [0.25, 0.3) is 0 Å². The predicted molar refractivity (Wildman–Crippen MR) is 89.8 cm³/mol. The Hall–Kier alpha value is -1.85. The average Bonchev–Trinajstić information content (AvgIpc) is 2.52. The molecule has 2 N–H and O–H groups in total. The van der Waals surface area contributed by atoms with Crippen LogP contribution >= 0.6 is 23.2 Å². The van der Waals surface area contributed by atoms with Gasteiger partial charge in [-0.3, -0.25) is 4.79 Å². The van der Waals surface area contributed by atoms with Gasteiger partial charge in [-0.2, -0.15) is 0 Å². The molecule has 2 aromatic rings. The van der Waals surface area contributed by atoms with Crippen LogP contribution in [0, 0.1) is 0 Å². The Labute approximate surface area is 139 Å². The van der Waals surface area contributed by atoms with Gasteiger partial charge < -0.3 is 10.6 Å². The Balaban J connectivity index is 2.09. The van der Waals surface area contributed by atoms with Gasteiger partial charge in [-0.1, -0.05) is 42.6 Å². The summed E-state index contributed by atoms with van der Waals surface area (Å²) in [6.45, 7) is 2.91. The van der Waals surface area contributed by atoms with E-state index in [4.69, 9.17) is 23.2 Å². The minimum atomic E-state index is -0.370. The van der Waals surface area contributed by atoms with Gasteiger partial charge in [-0.25, -0.2) is 9.97 Å². The number of carbonyl (C=O) groups excluding carboxylic acids is 1. The Morgan fingerprint density at radius 2 is 2.09 bits per heavy atom. The minimum Gasteiger partial charge on any atom is -0.370 e. The highest BCUT2D eigenvalue weighted by Crippen LogP contribution is 2.29. The molecule has 2 rings (SSSR count). The molecule has 0 saturated carbocycles. The number of benzene rings is 1. The summed E-state index contributed by atoms with van der Waals surface area (Å²) in [7, 11) is 0. The van der Waals surface area contributed by atoms with Crippen LogP contribution in [0.1, 0.15) is 30.3 Å². The van der Waals surface area contributed by atoms with E-state index in [0.29, 0.717) is 21.6 Å². The van der Waals surface area contributed by atoms with Crippen LogP contribution in [0.2, 0.25) is 10.0 Å². The standard InChI is InChI=1S/C15H16Cl2N4O/c1-2-3-7-18-13-8-12(19-9-20-13)15(22)21-11-6-4-5-10(16)14(11)17/h4-6,8-9H,2-3,7H2,1H3,(H,21,22)(H,18,19,20). The van der Waals surface area contributed by atoms with Crippen molar-refractivity contribution in [2.24, 2.45) is 0 Å². The Kier molecular flexibility index (Phi) is 5.98. The third kappa shape index (κ3) is 4.32. The molecule has 0 aliphatic rings. The smallest absolute Gasteiger partial charge is 0.274 e. The molecule has 0 fully saturated rings. The van der Waals surface area contributed by atoms with Crippen molar-refractivity contribution in [1.29, 1.82) is 0 Å². The zero-order valence-electron chi connectivity index (χ0n) is 12.1. The van der Waals surface area contributed by atoms with E-state index in [0.717, 1.165) is 19.4 Å². The van der Waals surface area contributed by atoms with Gasteiger partial charge in [0, 0.05) is 12.6 Å². The van der Waals surface area contributed by atoms with Gasteiger partial charge in [0.15, 0.2) is 0 Å². The number of amides is 1. The molecule has 1 aromatic carbocycles. The lowest BCUT2D eigenvalue weighted by atomic mass is 10.3. The Morgan fingerprint density at radius 3 is 2.86 bits per heavy atom. The molecule has 0 saturated heterocycles. The highest BCUT2D eigenvalue weighted by Gasteiger charge is 2.12. The van der Waals surface area contributed by atoms with Gasteiger partial charge in [0.25, 0.3) is 5.91 Å². The number of hydrogen-bond acceptors (Lipinski definition) is 4. The van der Waals surface area contributed by atoms with Gasteiger partial charge in [-0.15, -0.1) is 0 Å². The summed E-state index contributed by atoms with van der Waals surface area (Å²) in [6, 6.07) is 6.64. The third-order valence-electron chi connectivity index (χ3n) is 2.94. The summed E-state index contributed by atoms with van der Waals surface area (Å²) in [5, 5.41) is 6.51. The maximum atomic E-state index is 12.2. The quantitative estimate of drug-likeness (QED) is 0.772. The van der Waals surface area contributed by atoms with E-state index < -0.39 is 0 Å². The molecule has 0 unspecified atom stereocenters. The second kappa shape index (κ2) is 7.96. The Morgan fingerprint density at radius 1 is 1.27 bits per heavy atom. The van der Waals surface area contributed by atoms with E-state index in [-0.39, 0.29) is 11.6 Å². The van der Waals surface area contributed by atoms with Crippen LogP contribution < -0.4 is 10.6 Å². The van der Waals surface area contributed by atoms with Crippen LogP contribution in [-0.2, 0) is 0 Å². The first kappa shape index (κ1) is 16.5. The van der Waals surface area contributed by atoms with Crippen LogP contribution in [0.5, 0.6) is 0 Å². The van der Waals surface area contributed by atoms with E-state index in [2.05, 4.69) is 27.5 Å². The first-order valence-electron chi connectivity index (χ1n) is 6.93. The molecular weight excluding hydrogens is 323 g/mol. The number of halogens is 2. The first-order valence-corrected chi connectivity index (χ1v) is 7.68. The van der Waals surface area contributed by atoms with Crippen molar-refractivity contribution in [2.75, 3.05) is 17.2 Å². The fourth-order valence-corrected chi connectivity index (χ4v) is 2.11. The van der Waals surface area contributed by atoms with Gasteiger partial charge in [0.1, 0.15) is 17.8 Å². The number of carbonyl (C=O) groups is 1. The zero-order chi connectivity index (χ0) is 15.9. The second-order valence-corrected chi connectivity index (χ2v) is 5.41. The van der Waals surface area contributed by atoms with Crippen molar-refractivity contribution in [2.45, 2.75) is 19.8 Å². The second-order valence-electron chi connectivity index (χ2n) is 4.62.